The Morgan fingerprint density at radius 1 is 0.656 bits per heavy atom. The summed E-state index contributed by atoms with van der Waals surface area (Å²) in [4.78, 5) is 127. The quantitative estimate of drug-likeness (QED) is 0.0204. The minimum absolute atomic E-state index is 0.0383. The Morgan fingerprint density at radius 3 is 1.69 bits per heavy atom. The summed E-state index contributed by atoms with van der Waals surface area (Å²) in [6.45, 7) is 4.98. The normalized spacial score (nSPS) is 15.0. The van der Waals surface area contributed by atoms with Crippen molar-refractivity contribution in [3.63, 3.8) is 0 Å². The second-order valence-corrected chi connectivity index (χ2v) is 15.0. The molecule has 25 nitrogen and oxygen atoms in total. The molecule has 25 heteroatoms. The van der Waals surface area contributed by atoms with Gasteiger partial charge in [-0.15, -0.1) is 0 Å². The number of nitrogens with one attached hydrogen (secondary N) is 9. The number of carboxylic acid groups (broad SMARTS) is 2. The average Bonchev–Trinajstić information content (AvgIpc) is 3.22. The van der Waals surface area contributed by atoms with Gasteiger partial charge < -0.3 is 75.1 Å². The molecule has 0 spiro atoms. The summed E-state index contributed by atoms with van der Waals surface area (Å²) in [5.41, 5.74) is 16.7. The lowest BCUT2D eigenvalue weighted by Crippen LogP contribution is -2.60. The van der Waals surface area contributed by atoms with Crippen molar-refractivity contribution >= 4 is 65.2 Å². The van der Waals surface area contributed by atoms with Crippen LogP contribution >= 0.6 is 0 Å². The zero-order valence-corrected chi connectivity index (χ0v) is 36.1. The van der Waals surface area contributed by atoms with Crippen molar-refractivity contribution < 1.29 is 63.3 Å². The van der Waals surface area contributed by atoms with E-state index in [4.69, 9.17) is 27.7 Å². The maximum absolute atomic E-state index is 14.0. The summed E-state index contributed by atoms with van der Waals surface area (Å²) in [7, 11) is 0. The van der Waals surface area contributed by atoms with Crippen molar-refractivity contribution in [2.45, 2.75) is 121 Å². The zero-order chi connectivity index (χ0) is 48.7. The number of amides is 8. The van der Waals surface area contributed by atoms with Gasteiger partial charge >= 0.3 is 11.9 Å². The number of primary amides is 1. The minimum Gasteiger partial charge on any atom is -0.481 e. The first-order valence-corrected chi connectivity index (χ1v) is 20.3. The minimum atomic E-state index is -1.66. The zero-order valence-electron chi connectivity index (χ0n) is 36.1. The summed E-state index contributed by atoms with van der Waals surface area (Å²) in [6, 6.07) is -3.14. The Balaban J connectivity index is 3.25. The Bertz CT molecular complexity index is 1820. The fourth-order valence-electron chi connectivity index (χ4n) is 5.72. The number of hydrogen-bond acceptors (Lipinski definition) is 13. The molecule has 0 heterocycles. The van der Waals surface area contributed by atoms with Crippen LogP contribution in [-0.4, -0.2) is 142 Å². The molecule has 1 rings (SSSR count). The maximum Gasteiger partial charge on any atom is 0.326 e. The van der Waals surface area contributed by atoms with Crippen LogP contribution in [0.5, 0.6) is 0 Å². The van der Waals surface area contributed by atoms with Crippen molar-refractivity contribution in [3.8, 4) is 0 Å². The maximum atomic E-state index is 14.0. The van der Waals surface area contributed by atoms with Crippen LogP contribution in [0, 0.1) is 11.3 Å². The highest BCUT2D eigenvalue weighted by Crippen LogP contribution is 2.12. The number of hydrogen-bond donors (Lipinski definition) is 15. The van der Waals surface area contributed by atoms with Crippen LogP contribution in [0.1, 0.15) is 71.8 Å². The van der Waals surface area contributed by atoms with Gasteiger partial charge in [0.1, 0.15) is 42.3 Å². The van der Waals surface area contributed by atoms with E-state index in [2.05, 4.69) is 42.5 Å². The third kappa shape index (κ3) is 20.3. The SMILES string of the molecule is CC[C@H](C)[C@H](NC(=O)[C@H](Cc1ccccc1)NC(=O)[C@H](CCC(N)=O)NC(=O)[C@H](C)NC(=O)[C@H](CO)NC(=O)[C@H](C)NC(=O)[C@@H](N)CC(=O)O)C(=O)N[C@@H](CCCNC(=N)N)C(=O)O. The molecule has 0 aliphatic rings. The number of aliphatic hydroxyl groups is 1. The largest absolute Gasteiger partial charge is 0.481 e. The number of benzene rings is 1. The van der Waals surface area contributed by atoms with Crippen molar-refractivity contribution in [3.05, 3.63) is 35.9 Å². The summed E-state index contributed by atoms with van der Waals surface area (Å²) in [5.74, 6) is -11.1. The Hall–Kier alpha value is -6.89. The van der Waals surface area contributed by atoms with E-state index in [0.717, 1.165) is 0 Å². The smallest absolute Gasteiger partial charge is 0.326 e. The van der Waals surface area contributed by atoms with Gasteiger partial charge in [0.25, 0.3) is 0 Å². The van der Waals surface area contributed by atoms with Crippen LogP contribution in [0.4, 0.5) is 0 Å². The number of carboxylic acids is 2. The number of carbonyl (C=O) groups is 10. The molecule has 1 aromatic carbocycles. The van der Waals surface area contributed by atoms with Gasteiger partial charge in [-0.25, -0.2) is 4.79 Å². The molecule has 0 saturated carbocycles. The molecule has 1 aromatic rings. The molecular weight excluding hydrogens is 844 g/mol. The van der Waals surface area contributed by atoms with Crippen molar-refractivity contribution in [1.82, 2.24) is 42.5 Å². The molecule has 0 radical (unpaired) electrons. The van der Waals surface area contributed by atoms with E-state index in [-0.39, 0.29) is 38.2 Å². The topological polar surface area (TPSA) is 430 Å². The molecule has 8 amide bonds. The van der Waals surface area contributed by atoms with E-state index >= 15 is 0 Å². The lowest BCUT2D eigenvalue weighted by atomic mass is 9.96. The molecular formula is C39H62N12O13. The van der Waals surface area contributed by atoms with Gasteiger partial charge in [-0.2, -0.15) is 0 Å². The molecule has 64 heavy (non-hydrogen) atoms. The highest BCUT2D eigenvalue weighted by Gasteiger charge is 2.35. The van der Waals surface area contributed by atoms with Gasteiger partial charge in [-0.1, -0.05) is 50.6 Å². The summed E-state index contributed by atoms with van der Waals surface area (Å²) in [5, 5.41) is 54.9. The fourth-order valence-corrected chi connectivity index (χ4v) is 5.72. The molecule has 0 aliphatic carbocycles. The van der Waals surface area contributed by atoms with Crippen LogP contribution in [0.2, 0.25) is 0 Å². The van der Waals surface area contributed by atoms with E-state index in [1.807, 2.05) is 0 Å². The first kappa shape index (κ1) is 55.1. The van der Waals surface area contributed by atoms with E-state index in [1.54, 1.807) is 44.2 Å². The molecule has 0 aromatic heterocycles. The number of guanidine groups is 1. The van der Waals surface area contributed by atoms with Gasteiger partial charge in [-0.05, 0) is 44.6 Å². The number of nitrogens with two attached hydrogens (primary N) is 3. The lowest BCUT2D eigenvalue weighted by molar-refractivity contribution is -0.143. The Kier molecular flexibility index (Phi) is 24.1. The third-order valence-electron chi connectivity index (χ3n) is 9.67. The van der Waals surface area contributed by atoms with Crippen LogP contribution in [-0.2, 0) is 54.4 Å². The van der Waals surface area contributed by atoms with Gasteiger partial charge in [0.2, 0.25) is 47.3 Å². The molecule has 0 aliphatic heterocycles. The van der Waals surface area contributed by atoms with Gasteiger partial charge in [0.05, 0.1) is 19.1 Å². The van der Waals surface area contributed by atoms with E-state index in [9.17, 15) is 58.2 Å². The van der Waals surface area contributed by atoms with Gasteiger partial charge in [0.15, 0.2) is 5.96 Å². The highest BCUT2D eigenvalue weighted by molar-refractivity contribution is 5.98. The van der Waals surface area contributed by atoms with Crippen LogP contribution in [0.3, 0.4) is 0 Å². The van der Waals surface area contributed by atoms with Gasteiger partial charge in [-0.3, -0.25) is 48.6 Å². The predicted molar refractivity (Wildman–Crippen MR) is 227 cm³/mol. The Morgan fingerprint density at radius 2 is 1.17 bits per heavy atom. The van der Waals surface area contributed by atoms with Crippen molar-refractivity contribution in [2.75, 3.05) is 13.2 Å². The summed E-state index contributed by atoms with van der Waals surface area (Å²) >= 11 is 0. The van der Waals surface area contributed by atoms with E-state index in [1.165, 1.54) is 13.8 Å². The molecule has 0 fully saturated rings. The van der Waals surface area contributed by atoms with Gasteiger partial charge in [0, 0.05) is 19.4 Å². The summed E-state index contributed by atoms with van der Waals surface area (Å²) in [6.07, 6.45) is -1.11. The number of aliphatic hydroxyl groups excluding tert-OH is 1. The molecule has 0 unspecified atom stereocenters. The highest BCUT2D eigenvalue weighted by atomic mass is 16.4. The first-order valence-electron chi connectivity index (χ1n) is 20.3. The molecule has 0 bridgehead atoms. The van der Waals surface area contributed by atoms with Crippen molar-refractivity contribution in [1.29, 1.82) is 5.41 Å². The molecule has 0 saturated heterocycles. The molecule has 356 valence electrons. The van der Waals surface area contributed by atoms with Crippen LogP contribution in [0.15, 0.2) is 30.3 Å². The average molecular weight is 907 g/mol. The van der Waals surface area contributed by atoms with Crippen molar-refractivity contribution in [2.24, 2.45) is 23.1 Å². The van der Waals surface area contributed by atoms with Crippen LogP contribution in [0.25, 0.3) is 0 Å². The Labute approximate surface area is 369 Å². The summed E-state index contributed by atoms with van der Waals surface area (Å²) < 4.78 is 0. The monoisotopic (exact) mass is 906 g/mol. The first-order chi connectivity index (χ1) is 30.0. The molecule has 18 N–H and O–H groups in total. The van der Waals surface area contributed by atoms with E-state index in [0.29, 0.717) is 12.0 Å². The lowest BCUT2D eigenvalue weighted by Gasteiger charge is -2.29. The second kappa shape index (κ2) is 27.9. The fraction of sp³-hybridized carbons (Fsp3) is 0.564. The van der Waals surface area contributed by atoms with Crippen LogP contribution < -0.4 is 59.7 Å². The third-order valence-corrected chi connectivity index (χ3v) is 9.67. The molecule has 9 atom stereocenters. The van der Waals surface area contributed by atoms with E-state index < -0.39 is 133 Å². The standard InChI is InChI=1S/C39H62N12O13/c1-5-19(2)30(37(62)48-25(38(63)64)12-9-15-44-39(42)43)51-35(60)26(16-22-10-7-6-8-11-22)49-34(59)24(13-14-28(41)53)47-31(56)21(4)46-36(61)27(18-52)50-32(57)20(3)45-33(58)23(40)17-29(54)55/h6-8,10-11,19-21,23-27,30,52H,5,9,12-18,40H2,1-4H3,(H2,41,53)(H,45,58)(H,46,61)(H,47,56)(H,48,62)(H,49,59)(H,50,57)(H,51,60)(H,54,55)(H,63,64)(H4,42,43,44)/t19-,20-,21-,23-,24-,25-,26-,27-,30-/m0/s1. The second-order valence-electron chi connectivity index (χ2n) is 15.0. The number of carbonyl (C=O) groups excluding carboxylic acids is 8. The number of aliphatic carboxylic acids is 2. The number of rotatable bonds is 29. The predicted octanol–water partition coefficient (Wildman–Crippen LogP) is -4.88.